The minimum atomic E-state index is -3.36. The van der Waals surface area contributed by atoms with E-state index in [0.717, 1.165) is 11.8 Å². The lowest BCUT2D eigenvalue weighted by molar-refractivity contribution is -0.153. The number of benzene rings is 1. The summed E-state index contributed by atoms with van der Waals surface area (Å²) in [7, 11) is -0.293. The Kier molecular flexibility index (Phi) is 6.93. The number of phenols is 1. The molecule has 1 amide bonds. The number of phenolic OH excluding ortho intramolecular Hbond substituents is 1. The number of carbonyl (C=O) groups is 3. The molecule has 0 bridgehead atoms. The highest BCUT2D eigenvalue weighted by molar-refractivity contribution is 7.88. The van der Waals surface area contributed by atoms with Crippen LogP contribution >= 0.6 is 0 Å². The van der Waals surface area contributed by atoms with Gasteiger partial charge in [-0.15, -0.1) is 0 Å². The topological polar surface area (TPSA) is 208 Å². The van der Waals surface area contributed by atoms with Gasteiger partial charge in [0.15, 0.2) is 11.4 Å². The third-order valence-corrected chi connectivity index (χ3v) is 8.42. The first-order chi connectivity index (χ1) is 17.6. The van der Waals surface area contributed by atoms with Crippen LogP contribution in [-0.4, -0.2) is 89.8 Å². The van der Waals surface area contributed by atoms with Crippen LogP contribution < -0.4 is 10.5 Å². The number of ketones is 2. The van der Waals surface area contributed by atoms with Crippen LogP contribution in [0.1, 0.15) is 29.5 Å². The summed E-state index contributed by atoms with van der Waals surface area (Å²) in [5.74, 6) is -6.99. The lowest BCUT2D eigenvalue weighted by Gasteiger charge is -2.50. The number of aliphatic hydroxyl groups excluding tert-OH is 2. The molecule has 0 unspecified atom stereocenters. The quantitative estimate of drug-likeness (QED) is 0.189. The summed E-state index contributed by atoms with van der Waals surface area (Å²) in [4.78, 5) is 40.4. The monoisotopic (exact) mass is 549 g/mol. The van der Waals surface area contributed by atoms with E-state index in [4.69, 9.17) is 5.73 Å². The van der Waals surface area contributed by atoms with Crippen LogP contribution in [0.15, 0.2) is 29.0 Å². The number of likely N-dealkylation sites (N-methyl/N-ethyl adjacent to an activating group) is 1. The van der Waals surface area contributed by atoms with Gasteiger partial charge in [0.2, 0.25) is 15.8 Å². The number of fused-ring (bicyclic) bond motifs is 3. The number of sulfonamides is 1. The highest BCUT2D eigenvalue weighted by atomic mass is 32.2. The molecule has 0 heterocycles. The summed E-state index contributed by atoms with van der Waals surface area (Å²) in [6.45, 7) is 0.180. The van der Waals surface area contributed by atoms with Gasteiger partial charge in [0.05, 0.1) is 17.9 Å². The summed E-state index contributed by atoms with van der Waals surface area (Å²) in [6.07, 6.45) is 2.07. The van der Waals surface area contributed by atoms with E-state index in [1.165, 1.54) is 25.1 Å². The molecule has 1 saturated carbocycles. The van der Waals surface area contributed by atoms with Gasteiger partial charge in [0.1, 0.15) is 22.8 Å². The third-order valence-electron chi connectivity index (χ3n) is 7.69. The number of hydrogen-bond acceptors (Lipinski definition) is 10. The number of aliphatic hydroxyl groups is 3. The minimum Gasteiger partial charge on any atom is -0.508 e. The number of aromatic hydroxyl groups is 1. The Labute approximate surface area is 219 Å². The van der Waals surface area contributed by atoms with Gasteiger partial charge >= 0.3 is 0 Å². The van der Waals surface area contributed by atoms with E-state index in [2.05, 4.69) is 4.72 Å². The molecule has 1 fully saturated rings. The molecule has 0 aliphatic heterocycles. The van der Waals surface area contributed by atoms with Crippen molar-refractivity contribution in [3.05, 3.63) is 45.7 Å². The summed E-state index contributed by atoms with van der Waals surface area (Å²) >= 11 is 0. The molecule has 12 nitrogen and oxygen atoms in total. The maximum Gasteiger partial charge on any atom is 0.255 e. The zero-order valence-electron chi connectivity index (χ0n) is 21.2. The number of nitrogens with zero attached hydrogens (tertiary/aromatic N) is 1. The van der Waals surface area contributed by atoms with E-state index in [0.29, 0.717) is 18.4 Å². The number of Topliss-reactive ketones (excluding diaryl/α,β-unsaturated/α-hetero) is 2. The predicted octanol–water partition coefficient (Wildman–Crippen LogP) is -0.554. The molecule has 0 radical (unpaired) electrons. The second-order valence-corrected chi connectivity index (χ2v) is 12.2. The van der Waals surface area contributed by atoms with Crippen LogP contribution in [0.4, 0.5) is 0 Å². The summed E-state index contributed by atoms with van der Waals surface area (Å²) in [5.41, 5.74) is 2.86. The molecule has 7 N–H and O–H groups in total. The highest BCUT2D eigenvalue weighted by Gasteiger charge is 2.64. The van der Waals surface area contributed by atoms with E-state index in [1.54, 1.807) is 6.07 Å². The van der Waals surface area contributed by atoms with Crippen molar-refractivity contribution in [3.8, 4) is 5.75 Å². The zero-order chi connectivity index (χ0) is 28.3. The molecular formula is C25H31N3O9S. The second-order valence-electron chi connectivity index (χ2n) is 10.3. The van der Waals surface area contributed by atoms with E-state index in [-0.39, 0.29) is 36.3 Å². The zero-order valence-corrected chi connectivity index (χ0v) is 22.0. The molecule has 13 heteroatoms. The van der Waals surface area contributed by atoms with Crippen LogP contribution in [0.3, 0.4) is 0 Å². The maximum absolute atomic E-state index is 13.8. The first-order valence-corrected chi connectivity index (χ1v) is 13.9. The Morgan fingerprint density at radius 2 is 1.87 bits per heavy atom. The normalized spacial score (nSPS) is 27.3. The Balaban J connectivity index is 1.82. The summed E-state index contributed by atoms with van der Waals surface area (Å²) < 4.78 is 25.1. The van der Waals surface area contributed by atoms with Crippen LogP contribution in [0.25, 0.3) is 5.76 Å². The summed E-state index contributed by atoms with van der Waals surface area (Å²) in [5, 5.41) is 44.3. The lowest BCUT2D eigenvalue weighted by atomic mass is 9.57. The fourth-order valence-electron chi connectivity index (χ4n) is 6.08. The number of amides is 1. The Hall–Kier alpha value is -3.26. The van der Waals surface area contributed by atoms with E-state index < -0.39 is 68.1 Å². The average molecular weight is 550 g/mol. The van der Waals surface area contributed by atoms with Crippen LogP contribution in [-0.2, 0) is 37.2 Å². The predicted molar refractivity (Wildman–Crippen MR) is 135 cm³/mol. The van der Waals surface area contributed by atoms with Gasteiger partial charge in [0.25, 0.3) is 5.91 Å². The summed E-state index contributed by atoms with van der Waals surface area (Å²) in [6, 6.07) is 1.86. The molecule has 3 aliphatic carbocycles. The first kappa shape index (κ1) is 27.8. The largest absolute Gasteiger partial charge is 0.508 e. The maximum atomic E-state index is 13.8. The number of primary amides is 1. The van der Waals surface area contributed by atoms with Crippen LogP contribution in [0, 0.1) is 11.8 Å². The highest BCUT2D eigenvalue weighted by Crippen LogP contribution is 2.52. The van der Waals surface area contributed by atoms with Crippen molar-refractivity contribution >= 4 is 33.3 Å². The van der Waals surface area contributed by atoms with Crippen molar-refractivity contribution in [1.29, 1.82) is 0 Å². The molecule has 1 aromatic carbocycles. The average Bonchev–Trinajstić information content (AvgIpc) is 2.79. The molecule has 4 atom stereocenters. The van der Waals surface area contributed by atoms with Gasteiger partial charge in [-0.1, -0.05) is 6.07 Å². The second kappa shape index (κ2) is 9.49. The van der Waals surface area contributed by atoms with Crippen molar-refractivity contribution in [1.82, 2.24) is 9.62 Å². The van der Waals surface area contributed by atoms with Gasteiger partial charge < -0.3 is 26.2 Å². The molecule has 38 heavy (non-hydrogen) atoms. The van der Waals surface area contributed by atoms with Crippen molar-refractivity contribution in [2.45, 2.75) is 37.3 Å². The first-order valence-electron chi connectivity index (χ1n) is 12.0. The van der Waals surface area contributed by atoms with Crippen LogP contribution in [0.2, 0.25) is 0 Å². The SMILES string of the molecule is CN(C)[C@H]1C(=O)C(C(N)=O)=C(O)[C@@]2(O)C(=O)C3=C(O)c4c(O)ccc(CCCNS(C)(=O)=O)c4C[C@H]3C[C@@H]12. The van der Waals surface area contributed by atoms with Gasteiger partial charge in [-0.25, -0.2) is 13.1 Å². The van der Waals surface area contributed by atoms with E-state index in [9.17, 15) is 43.2 Å². The Morgan fingerprint density at radius 1 is 1.21 bits per heavy atom. The molecule has 1 aromatic rings. The Morgan fingerprint density at radius 3 is 2.45 bits per heavy atom. The minimum absolute atomic E-state index is 0.00348. The van der Waals surface area contributed by atoms with Crippen LogP contribution in [0.5, 0.6) is 5.75 Å². The number of nitrogens with two attached hydrogens (primary N) is 1. The van der Waals surface area contributed by atoms with Crippen molar-refractivity contribution in [3.63, 3.8) is 0 Å². The third kappa shape index (κ3) is 4.28. The van der Waals surface area contributed by atoms with Crippen molar-refractivity contribution < 1.29 is 43.2 Å². The van der Waals surface area contributed by atoms with Crippen molar-refractivity contribution in [2.75, 3.05) is 26.9 Å². The van der Waals surface area contributed by atoms with Crippen molar-refractivity contribution in [2.24, 2.45) is 17.6 Å². The fraction of sp³-hybridized carbons (Fsp3) is 0.480. The molecule has 0 saturated heterocycles. The lowest BCUT2D eigenvalue weighted by Crippen LogP contribution is -2.65. The number of nitrogens with one attached hydrogen (secondary N) is 1. The van der Waals surface area contributed by atoms with Gasteiger partial charge in [-0.3, -0.25) is 19.3 Å². The standard InChI is InChI=1S/C25H31N3O9S/c1-28(2)19-14-10-12-9-13-11(5-4-8-27-38(3,36)37)6-7-15(29)17(13)20(30)16(12)22(32)25(14,35)23(33)18(21(19)31)24(26)34/h6-7,12,14,19,27,29-30,33,35H,4-5,8-10H2,1-3H3,(H2,26,34)/t12-,14-,19+,25-/m0/s1. The van der Waals surface area contributed by atoms with Gasteiger partial charge in [0, 0.05) is 18.0 Å². The van der Waals surface area contributed by atoms with Gasteiger partial charge in [-0.2, -0.15) is 0 Å². The van der Waals surface area contributed by atoms with Gasteiger partial charge in [-0.05, 0) is 62.9 Å². The molecule has 4 rings (SSSR count). The molecule has 3 aliphatic rings. The number of carbonyl (C=O) groups excluding carboxylic acids is 3. The smallest absolute Gasteiger partial charge is 0.255 e. The number of aryl methyl sites for hydroxylation is 1. The van der Waals surface area contributed by atoms with E-state index >= 15 is 0 Å². The molecule has 0 spiro atoms. The number of hydrogen-bond donors (Lipinski definition) is 6. The molecule has 206 valence electrons. The molecule has 0 aromatic heterocycles. The van der Waals surface area contributed by atoms with E-state index in [1.807, 2.05) is 0 Å². The molecular weight excluding hydrogens is 518 g/mol. The Bertz CT molecular complexity index is 1410. The fourth-order valence-corrected chi connectivity index (χ4v) is 6.59. The number of rotatable bonds is 7.